The molecule has 45 heavy (non-hydrogen) atoms. The van der Waals surface area contributed by atoms with Crippen LogP contribution in [0, 0.1) is 0 Å². The summed E-state index contributed by atoms with van der Waals surface area (Å²) in [4.78, 5) is 53.3. The van der Waals surface area contributed by atoms with Crippen LogP contribution in [-0.2, 0) is 29.2 Å². The highest BCUT2D eigenvalue weighted by atomic mass is 35.5. The number of likely N-dealkylation sites (tertiary alicyclic amines) is 2. The molecule has 2 fully saturated rings. The van der Waals surface area contributed by atoms with E-state index in [9.17, 15) is 22.8 Å². The fraction of sp³-hybridized carbons (Fsp3) is 0.548. The second kappa shape index (κ2) is 16.3. The molecule has 2 atom stereocenters. The summed E-state index contributed by atoms with van der Waals surface area (Å²) in [5, 5.41) is 8.81. The molecule has 0 unspecified atom stereocenters. The van der Waals surface area contributed by atoms with Crippen molar-refractivity contribution in [2.24, 2.45) is 5.73 Å². The van der Waals surface area contributed by atoms with Gasteiger partial charge < -0.3 is 25.5 Å². The van der Waals surface area contributed by atoms with E-state index >= 15 is 0 Å². The summed E-state index contributed by atoms with van der Waals surface area (Å²) in [5.41, 5.74) is 5.46. The van der Waals surface area contributed by atoms with Gasteiger partial charge in [0, 0.05) is 30.7 Å². The van der Waals surface area contributed by atoms with Crippen LogP contribution < -0.4 is 5.73 Å². The van der Waals surface area contributed by atoms with Crippen molar-refractivity contribution in [3.05, 3.63) is 41.4 Å². The Morgan fingerprint density at radius 2 is 1.64 bits per heavy atom. The van der Waals surface area contributed by atoms with Gasteiger partial charge in [0.1, 0.15) is 12.1 Å². The Morgan fingerprint density at radius 3 is 2.24 bits per heavy atom. The van der Waals surface area contributed by atoms with Crippen molar-refractivity contribution in [1.82, 2.24) is 19.0 Å². The van der Waals surface area contributed by atoms with Crippen LogP contribution in [-0.4, -0.2) is 114 Å². The number of nitrogens with two attached hydrogens (primary N) is 1. The number of carboxylic acid groups (broad SMARTS) is 1. The first-order valence-electron chi connectivity index (χ1n) is 15.2. The molecular formula is C31H44ClN5O7S. The average Bonchev–Trinajstić information content (AvgIpc) is 3.17. The van der Waals surface area contributed by atoms with Gasteiger partial charge in [-0.1, -0.05) is 36.6 Å². The van der Waals surface area contributed by atoms with Crippen LogP contribution in [0.15, 0.2) is 41.3 Å². The van der Waals surface area contributed by atoms with Crippen LogP contribution in [0.1, 0.15) is 52.9 Å². The smallest absolute Gasteiger partial charge is 0.290 e. The summed E-state index contributed by atoms with van der Waals surface area (Å²) in [6.07, 6.45) is 4.93. The molecule has 2 aromatic carbocycles. The molecule has 12 nitrogen and oxygen atoms in total. The van der Waals surface area contributed by atoms with E-state index in [1.54, 1.807) is 36.1 Å². The lowest BCUT2D eigenvalue weighted by Crippen LogP contribution is -2.54. The number of hydrogen-bond donors (Lipinski definition) is 2. The Kier molecular flexibility index (Phi) is 13.2. The predicted octanol–water partition coefficient (Wildman–Crippen LogP) is 2.77. The molecule has 2 aliphatic rings. The number of nitrogens with zero attached hydrogens (tertiary/aromatic N) is 4. The molecule has 14 heteroatoms. The molecule has 4 rings (SSSR count). The number of rotatable bonds is 11. The third kappa shape index (κ3) is 9.15. The first kappa shape index (κ1) is 36.2. The van der Waals surface area contributed by atoms with Crippen LogP contribution in [0.3, 0.4) is 0 Å². The summed E-state index contributed by atoms with van der Waals surface area (Å²) in [5.74, 6) is -1.56. The Hall–Kier alpha value is -3.26. The van der Waals surface area contributed by atoms with E-state index in [2.05, 4.69) is 4.90 Å². The topological polar surface area (TPSA) is 162 Å². The number of halogens is 1. The lowest BCUT2D eigenvalue weighted by Gasteiger charge is -2.35. The van der Waals surface area contributed by atoms with Crippen molar-refractivity contribution in [2.75, 3.05) is 39.3 Å². The second-order valence-electron chi connectivity index (χ2n) is 11.7. The van der Waals surface area contributed by atoms with Crippen molar-refractivity contribution in [3.8, 4) is 0 Å². The number of carbonyl (C=O) groups excluding carboxylic acids is 3. The fourth-order valence-corrected chi connectivity index (χ4v) is 7.75. The Morgan fingerprint density at radius 1 is 1.04 bits per heavy atom. The Balaban J connectivity index is 0.00000177. The maximum atomic E-state index is 13.8. The van der Waals surface area contributed by atoms with E-state index < -0.39 is 40.5 Å². The lowest BCUT2D eigenvalue weighted by molar-refractivity contribution is -0.145. The lowest BCUT2D eigenvalue weighted by atomic mass is 10.1. The van der Waals surface area contributed by atoms with Gasteiger partial charge in [-0.15, -0.1) is 0 Å². The molecule has 2 aromatic rings. The molecule has 3 N–H and O–H groups in total. The van der Waals surface area contributed by atoms with Crippen molar-refractivity contribution >= 4 is 56.6 Å². The Labute approximate surface area is 270 Å². The molecule has 248 valence electrons. The van der Waals surface area contributed by atoms with Crippen LogP contribution in [0.25, 0.3) is 10.8 Å². The van der Waals surface area contributed by atoms with Crippen LogP contribution in [0.2, 0.25) is 5.02 Å². The summed E-state index contributed by atoms with van der Waals surface area (Å²) < 4.78 is 28.5. The number of benzene rings is 2. The highest BCUT2D eigenvalue weighted by molar-refractivity contribution is 7.89. The molecule has 0 saturated carbocycles. The van der Waals surface area contributed by atoms with Crippen LogP contribution in [0.5, 0.6) is 0 Å². The van der Waals surface area contributed by atoms with E-state index in [1.807, 2.05) is 13.8 Å². The zero-order valence-corrected chi connectivity index (χ0v) is 27.7. The maximum absolute atomic E-state index is 13.8. The van der Waals surface area contributed by atoms with Gasteiger partial charge in [-0.2, -0.15) is 4.31 Å². The SMILES string of the molecule is CC(C)N(CCN1CCCCCC1)C(=O)[C@H](C)N1CC[C@H](N(CC(N)=O)S(=O)(=O)c2ccc3cc(Cl)ccc3c2)C1=O.O=CO. The third-order valence-corrected chi connectivity index (χ3v) is 10.4. The first-order valence-corrected chi connectivity index (χ1v) is 17.0. The molecule has 0 aromatic heterocycles. The quantitative estimate of drug-likeness (QED) is 0.346. The van der Waals surface area contributed by atoms with E-state index in [-0.39, 0.29) is 36.3 Å². The summed E-state index contributed by atoms with van der Waals surface area (Å²) in [6, 6.07) is 7.64. The van der Waals surface area contributed by atoms with Gasteiger partial charge in [0.25, 0.3) is 6.47 Å². The zero-order valence-electron chi connectivity index (χ0n) is 26.1. The van der Waals surface area contributed by atoms with E-state index in [1.165, 1.54) is 29.9 Å². The van der Waals surface area contributed by atoms with Crippen LogP contribution in [0.4, 0.5) is 0 Å². The van der Waals surface area contributed by atoms with Crippen LogP contribution >= 0.6 is 11.6 Å². The molecule has 2 aliphatic heterocycles. The highest BCUT2D eigenvalue weighted by Gasteiger charge is 2.45. The zero-order chi connectivity index (χ0) is 33.3. The van der Waals surface area contributed by atoms with Gasteiger partial charge in [0.05, 0.1) is 11.4 Å². The van der Waals surface area contributed by atoms with E-state index in [0.29, 0.717) is 17.0 Å². The Bertz CT molecular complexity index is 1460. The molecule has 2 heterocycles. The van der Waals surface area contributed by atoms with E-state index in [4.69, 9.17) is 27.2 Å². The van der Waals surface area contributed by atoms with Gasteiger partial charge in [0.15, 0.2) is 0 Å². The number of amides is 3. The second-order valence-corrected chi connectivity index (χ2v) is 14.0. The number of hydrogen-bond acceptors (Lipinski definition) is 7. The van der Waals surface area contributed by atoms with Gasteiger partial charge in [-0.05, 0) is 88.2 Å². The number of primary amides is 1. The minimum atomic E-state index is -4.29. The largest absolute Gasteiger partial charge is 0.483 e. The summed E-state index contributed by atoms with van der Waals surface area (Å²) in [6.45, 7) is 8.27. The van der Waals surface area contributed by atoms with Crippen molar-refractivity contribution < 1.29 is 32.7 Å². The van der Waals surface area contributed by atoms with Gasteiger partial charge in [-0.25, -0.2) is 8.42 Å². The molecule has 0 spiro atoms. The standard InChI is InChI=1S/C30H42ClN5O5S.CH2O2/c1-21(2)34(17-16-33-13-6-4-5-7-14-33)29(38)22(3)35-15-12-27(30(35)39)36(20-28(32)37)42(40,41)26-11-9-23-18-25(31)10-8-24(23)19-26;2-1-3/h8-11,18-19,21-22,27H,4-7,12-17,20H2,1-3H3,(H2,32,37);1H,(H,2,3)/t22-,27-;/m0./s1. The summed E-state index contributed by atoms with van der Waals surface area (Å²) in [7, 11) is -4.29. The number of sulfonamides is 1. The van der Waals surface area contributed by atoms with Gasteiger partial charge in [-0.3, -0.25) is 19.2 Å². The average molecular weight is 666 g/mol. The maximum Gasteiger partial charge on any atom is 0.290 e. The van der Waals surface area contributed by atoms with Crippen molar-refractivity contribution in [1.29, 1.82) is 0 Å². The molecule has 0 bridgehead atoms. The van der Waals surface area contributed by atoms with E-state index in [0.717, 1.165) is 42.2 Å². The van der Waals surface area contributed by atoms with Gasteiger partial charge in [0.2, 0.25) is 27.7 Å². The molecule has 0 aliphatic carbocycles. The molecule has 2 saturated heterocycles. The first-order chi connectivity index (χ1) is 21.3. The number of fused-ring (bicyclic) bond motifs is 1. The summed E-state index contributed by atoms with van der Waals surface area (Å²) >= 11 is 6.07. The molecular weight excluding hydrogens is 622 g/mol. The number of carbonyl (C=O) groups is 4. The predicted molar refractivity (Wildman–Crippen MR) is 172 cm³/mol. The van der Waals surface area contributed by atoms with Crippen molar-refractivity contribution in [3.63, 3.8) is 0 Å². The third-order valence-electron chi connectivity index (χ3n) is 8.34. The minimum Gasteiger partial charge on any atom is -0.483 e. The fourth-order valence-electron chi connectivity index (χ4n) is 5.95. The normalized spacial score (nSPS) is 18.4. The minimum absolute atomic E-state index is 0.0602. The molecule has 3 amide bonds. The van der Waals surface area contributed by atoms with Gasteiger partial charge >= 0.3 is 0 Å². The monoisotopic (exact) mass is 665 g/mol. The van der Waals surface area contributed by atoms with Crippen molar-refractivity contribution in [2.45, 2.75) is 75.9 Å². The highest BCUT2D eigenvalue weighted by Crippen LogP contribution is 2.29. The molecule has 0 radical (unpaired) electrons.